The van der Waals surface area contributed by atoms with Gasteiger partial charge in [0.25, 0.3) is 0 Å². The van der Waals surface area contributed by atoms with Crippen LogP contribution in [0.1, 0.15) is 25.4 Å². The highest BCUT2D eigenvalue weighted by Gasteiger charge is 2.17. The first-order valence-corrected chi connectivity index (χ1v) is 11.1. The lowest BCUT2D eigenvalue weighted by atomic mass is 9.97. The van der Waals surface area contributed by atoms with Gasteiger partial charge in [-0.3, -0.25) is 4.98 Å². The lowest BCUT2D eigenvalue weighted by Gasteiger charge is -2.10. The molecule has 6 rings (SSSR count). The van der Waals surface area contributed by atoms with Crippen LogP contribution in [0.5, 0.6) is 0 Å². The van der Waals surface area contributed by atoms with Gasteiger partial charge in [0.2, 0.25) is 5.71 Å². The largest absolute Gasteiger partial charge is 0.437 e. The van der Waals surface area contributed by atoms with Crippen molar-refractivity contribution in [2.24, 2.45) is 0 Å². The molecule has 1 atom stereocenters. The number of para-hydroxylation sites is 1. The normalized spacial score (nSPS) is 13.6. The van der Waals surface area contributed by atoms with Gasteiger partial charge in [-0.2, -0.15) is 0 Å². The molecule has 0 fully saturated rings. The molecular formula is C30H21FN2O. The molecule has 0 spiro atoms. The van der Waals surface area contributed by atoms with E-state index < -0.39 is 5.89 Å². The Bertz CT molecular complexity index is 1670. The molecule has 3 nitrogen and oxygen atoms in total. The smallest absolute Gasteiger partial charge is 0.227 e. The minimum atomic E-state index is -1.01. The van der Waals surface area contributed by atoms with Crippen LogP contribution in [0.25, 0.3) is 44.5 Å². The maximum absolute atomic E-state index is 13.4. The van der Waals surface area contributed by atoms with Gasteiger partial charge >= 0.3 is 0 Å². The van der Waals surface area contributed by atoms with Crippen LogP contribution in [0.15, 0.2) is 108 Å². The lowest BCUT2D eigenvalue weighted by molar-refractivity contribution is 0.628. The number of benzene rings is 3. The van der Waals surface area contributed by atoms with Crippen LogP contribution in [0, 0.1) is 5.82 Å². The van der Waals surface area contributed by atoms with Gasteiger partial charge in [-0.25, -0.2) is 9.37 Å². The molecule has 0 amide bonds. The van der Waals surface area contributed by atoms with Gasteiger partial charge in [-0.05, 0) is 59.2 Å². The zero-order valence-corrected chi connectivity index (χ0v) is 18.5. The Balaban J connectivity index is 1.47. The van der Waals surface area contributed by atoms with Crippen molar-refractivity contribution in [3.8, 4) is 22.4 Å². The molecule has 0 aliphatic heterocycles. The van der Waals surface area contributed by atoms with E-state index in [1.54, 1.807) is 18.3 Å². The SMILES string of the molecule is [2H]C(C)(c1ccccc1)c1ccc2c(n1)oc1c(-c3cc(-c4ccc(F)cc4)ccn3)cccc12. The zero-order valence-electron chi connectivity index (χ0n) is 19.5. The van der Waals surface area contributed by atoms with Crippen LogP contribution >= 0.6 is 0 Å². The van der Waals surface area contributed by atoms with E-state index in [9.17, 15) is 4.39 Å². The van der Waals surface area contributed by atoms with Gasteiger partial charge in [0, 0.05) is 29.8 Å². The first-order valence-electron chi connectivity index (χ1n) is 11.6. The van der Waals surface area contributed by atoms with Crippen LogP contribution in [0.3, 0.4) is 0 Å². The number of rotatable bonds is 4. The van der Waals surface area contributed by atoms with Gasteiger partial charge in [0.1, 0.15) is 11.4 Å². The molecule has 0 N–H and O–H groups in total. The van der Waals surface area contributed by atoms with E-state index in [0.717, 1.165) is 38.7 Å². The third-order valence-electron chi connectivity index (χ3n) is 6.17. The summed E-state index contributed by atoms with van der Waals surface area (Å²) in [5, 5.41) is 1.83. The Morgan fingerprint density at radius 3 is 2.47 bits per heavy atom. The van der Waals surface area contributed by atoms with Gasteiger partial charge in [-0.1, -0.05) is 61.5 Å². The average molecular weight is 446 g/mol. The van der Waals surface area contributed by atoms with Gasteiger partial charge in [0.15, 0.2) is 0 Å². The number of nitrogens with zero attached hydrogens (tertiary/aromatic N) is 2. The number of fused-ring (bicyclic) bond motifs is 3. The standard InChI is InChI=1S/C30H21FN2O/c1-19(20-6-3-2-4-7-20)27-15-14-25-24-8-5-9-26(29(24)34-30(25)33-27)28-18-22(16-17-32-28)21-10-12-23(31)13-11-21/h2-19H,1H3/i19D. The molecular weight excluding hydrogens is 423 g/mol. The molecule has 1 unspecified atom stereocenters. The summed E-state index contributed by atoms with van der Waals surface area (Å²) in [5.41, 5.74) is 6.13. The van der Waals surface area contributed by atoms with E-state index in [1.807, 2.05) is 79.7 Å². The molecule has 4 heteroatoms. The van der Waals surface area contributed by atoms with E-state index in [0.29, 0.717) is 17.0 Å². The van der Waals surface area contributed by atoms with Crippen molar-refractivity contribution < 1.29 is 10.2 Å². The number of hydrogen-bond acceptors (Lipinski definition) is 3. The Kier molecular flexibility index (Phi) is 4.65. The van der Waals surface area contributed by atoms with Crippen molar-refractivity contribution in [2.45, 2.75) is 12.8 Å². The Morgan fingerprint density at radius 1 is 0.824 bits per heavy atom. The molecule has 6 aromatic rings. The topological polar surface area (TPSA) is 38.9 Å². The van der Waals surface area contributed by atoms with E-state index >= 15 is 0 Å². The third kappa shape index (κ3) is 3.54. The van der Waals surface area contributed by atoms with Crippen molar-refractivity contribution in [1.29, 1.82) is 0 Å². The lowest BCUT2D eigenvalue weighted by Crippen LogP contribution is -1.98. The molecule has 164 valence electrons. The third-order valence-corrected chi connectivity index (χ3v) is 6.17. The summed E-state index contributed by atoms with van der Waals surface area (Å²) in [6.07, 6.45) is 1.75. The highest BCUT2D eigenvalue weighted by atomic mass is 19.1. The summed E-state index contributed by atoms with van der Waals surface area (Å²) >= 11 is 0. The summed E-state index contributed by atoms with van der Waals surface area (Å²) < 4.78 is 28.6. The van der Waals surface area contributed by atoms with E-state index in [-0.39, 0.29) is 5.82 Å². The predicted octanol–water partition coefficient (Wildman–Crippen LogP) is 8.00. The van der Waals surface area contributed by atoms with Crippen molar-refractivity contribution >= 4 is 22.1 Å². The first-order chi connectivity index (χ1) is 17.0. The minimum Gasteiger partial charge on any atom is -0.437 e. The quantitative estimate of drug-likeness (QED) is 0.276. The minimum absolute atomic E-state index is 0.266. The fourth-order valence-electron chi connectivity index (χ4n) is 4.33. The highest BCUT2D eigenvalue weighted by molar-refractivity contribution is 6.08. The Hall–Kier alpha value is -4.31. The molecule has 3 aromatic carbocycles. The monoisotopic (exact) mass is 445 g/mol. The molecule has 34 heavy (non-hydrogen) atoms. The van der Waals surface area contributed by atoms with Crippen LogP contribution in [-0.4, -0.2) is 9.97 Å². The molecule has 3 heterocycles. The van der Waals surface area contributed by atoms with Crippen molar-refractivity contribution in [2.75, 3.05) is 0 Å². The van der Waals surface area contributed by atoms with Crippen LogP contribution < -0.4 is 0 Å². The van der Waals surface area contributed by atoms with Gasteiger partial charge in [0.05, 0.1) is 11.4 Å². The van der Waals surface area contributed by atoms with Crippen LogP contribution in [0.4, 0.5) is 4.39 Å². The fraction of sp³-hybridized carbons (Fsp3) is 0.0667. The molecule has 0 saturated heterocycles. The van der Waals surface area contributed by atoms with Crippen LogP contribution in [-0.2, 0) is 0 Å². The number of aromatic nitrogens is 2. The number of halogens is 1. The predicted molar refractivity (Wildman–Crippen MR) is 134 cm³/mol. The molecule has 3 aromatic heterocycles. The van der Waals surface area contributed by atoms with Crippen molar-refractivity contribution in [3.63, 3.8) is 0 Å². The highest BCUT2D eigenvalue weighted by Crippen LogP contribution is 2.36. The first kappa shape index (κ1) is 19.2. The molecule has 0 bridgehead atoms. The molecule has 0 saturated carbocycles. The zero-order chi connectivity index (χ0) is 24.0. The second-order valence-corrected chi connectivity index (χ2v) is 8.26. The maximum Gasteiger partial charge on any atom is 0.227 e. The number of pyridine rings is 2. The van der Waals surface area contributed by atoms with E-state index in [1.165, 1.54) is 12.1 Å². The number of hydrogen-bond donors (Lipinski definition) is 0. The van der Waals surface area contributed by atoms with Crippen LogP contribution in [0.2, 0.25) is 0 Å². The summed E-state index contributed by atoms with van der Waals surface area (Å²) in [5.74, 6) is -1.28. The van der Waals surface area contributed by atoms with E-state index in [2.05, 4.69) is 4.98 Å². The fourth-order valence-corrected chi connectivity index (χ4v) is 4.33. The van der Waals surface area contributed by atoms with E-state index in [4.69, 9.17) is 10.8 Å². The summed E-state index contributed by atoms with van der Waals surface area (Å²) in [7, 11) is 0. The Morgan fingerprint density at radius 2 is 1.65 bits per heavy atom. The Labute approximate surface area is 198 Å². The van der Waals surface area contributed by atoms with Crippen molar-refractivity contribution in [3.05, 3.63) is 120 Å². The molecule has 0 aliphatic rings. The number of furan rings is 1. The van der Waals surface area contributed by atoms with Gasteiger partial charge < -0.3 is 4.42 Å². The molecule has 0 aliphatic carbocycles. The summed E-state index contributed by atoms with van der Waals surface area (Å²) in [6, 6.07) is 29.8. The summed E-state index contributed by atoms with van der Waals surface area (Å²) in [4.78, 5) is 9.34. The molecule has 0 radical (unpaired) electrons. The second-order valence-electron chi connectivity index (χ2n) is 8.26. The van der Waals surface area contributed by atoms with Gasteiger partial charge in [-0.15, -0.1) is 0 Å². The summed E-state index contributed by atoms with van der Waals surface area (Å²) in [6.45, 7) is 1.84. The average Bonchev–Trinajstić information content (AvgIpc) is 3.28. The van der Waals surface area contributed by atoms with Crippen molar-refractivity contribution in [1.82, 2.24) is 9.97 Å². The second kappa shape index (κ2) is 8.23. The maximum atomic E-state index is 13.4.